The zero-order valence-corrected chi connectivity index (χ0v) is 13.1. The first kappa shape index (κ1) is 14.3. The first-order valence-electron chi connectivity index (χ1n) is 7.71. The molecule has 0 radical (unpaired) electrons. The number of hydrogen-bond acceptors (Lipinski definition) is 3. The molecule has 118 valence electrons. The van der Waals surface area contributed by atoms with E-state index < -0.39 is 0 Å². The maximum atomic E-state index is 12.2. The third-order valence-electron chi connectivity index (χ3n) is 4.06. The molecule has 0 fully saturated rings. The zero-order valence-electron chi connectivity index (χ0n) is 13.1. The molecule has 0 aliphatic carbocycles. The molecule has 2 heterocycles. The molecule has 5 heteroatoms. The normalized spacial score (nSPS) is 14.5. The number of nitrogens with zero attached hydrogens (tertiary/aromatic N) is 1. The number of fused-ring (bicyclic) bond motifs is 1. The van der Waals surface area contributed by atoms with Crippen LogP contribution in [0.5, 0.6) is 0 Å². The van der Waals surface area contributed by atoms with E-state index in [-0.39, 0.29) is 5.91 Å². The molecule has 0 atom stereocenters. The van der Waals surface area contributed by atoms with Gasteiger partial charge >= 0.3 is 0 Å². The van der Waals surface area contributed by atoms with Crippen LogP contribution in [0, 0.1) is 6.92 Å². The second-order valence-corrected chi connectivity index (χ2v) is 5.69. The summed E-state index contributed by atoms with van der Waals surface area (Å²) in [5.74, 6) is 0.557. The Morgan fingerprint density at radius 2 is 1.92 bits per heavy atom. The highest BCUT2D eigenvalue weighted by Crippen LogP contribution is 2.34. The van der Waals surface area contributed by atoms with Crippen molar-refractivity contribution < 1.29 is 4.79 Å². The van der Waals surface area contributed by atoms with E-state index in [0.717, 1.165) is 28.1 Å². The van der Waals surface area contributed by atoms with Gasteiger partial charge in [-0.2, -0.15) is 5.10 Å². The fourth-order valence-corrected chi connectivity index (χ4v) is 2.88. The van der Waals surface area contributed by atoms with Gasteiger partial charge in [0.15, 0.2) is 5.82 Å². The summed E-state index contributed by atoms with van der Waals surface area (Å²) < 4.78 is 0. The molecule has 0 bridgehead atoms. The predicted molar refractivity (Wildman–Crippen MR) is 95.4 cm³/mol. The van der Waals surface area contributed by atoms with Crippen molar-refractivity contribution in [3.63, 3.8) is 0 Å². The average Bonchev–Trinajstić information content (AvgIpc) is 3.19. The number of hydrogen-bond donors (Lipinski definition) is 3. The molecule has 1 aliphatic rings. The van der Waals surface area contributed by atoms with Gasteiger partial charge in [-0.1, -0.05) is 42.5 Å². The number of rotatable bonds is 3. The van der Waals surface area contributed by atoms with Crippen molar-refractivity contribution in [1.29, 1.82) is 0 Å². The number of aromatic nitrogens is 2. The van der Waals surface area contributed by atoms with Crippen LogP contribution in [0.3, 0.4) is 0 Å². The van der Waals surface area contributed by atoms with Gasteiger partial charge in [0.1, 0.15) is 0 Å². The molecule has 5 nitrogen and oxygen atoms in total. The maximum Gasteiger partial charge on any atom is 0.257 e. The maximum absolute atomic E-state index is 12.2. The van der Waals surface area contributed by atoms with Crippen LogP contribution >= 0.6 is 0 Å². The topological polar surface area (TPSA) is 69.8 Å². The van der Waals surface area contributed by atoms with Crippen molar-refractivity contribution >= 4 is 23.0 Å². The zero-order chi connectivity index (χ0) is 16.5. The molecule has 4 rings (SSSR count). The minimum absolute atomic E-state index is 0.106. The molecular formula is C19H16N4O. The molecule has 24 heavy (non-hydrogen) atoms. The molecule has 3 aromatic rings. The first-order chi connectivity index (χ1) is 11.7. The van der Waals surface area contributed by atoms with Crippen LogP contribution in [0.15, 0.2) is 60.8 Å². The second-order valence-electron chi connectivity index (χ2n) is 5.69. The highest BCUT2D eigenvalue weighted by atomic mass is 16.2. The number of amides is 1. The third kappa shape index (κ3) is 2.46. The van der Waals surface area contributed by atoms with Crippen LogP contribution in [0.25, 0.3) is 16.8 Å². The van der Waals surface area contributed by atoms with Crippen LogP contribution in [0.2, 0.25) is 0 Å². The van der Waals surface area contributed by atoms with Crippen LogP contribution in [0.1, 0.15) is 11.1 Å². The van der Waals surface area contributed by atoms with Gasteiger partial charge in [-0.25, -0.2) is 0 Å². The summed E-state index contributed by atoms with van der Waals surface area (Å²) in [6, 6.07) is 17.7. The van der Waals surface area contributed by atoms with E-state index >= 15 is 0 Å². The van der Waals surface area contributed by atoms with Crippen molar-refractivity contribution in [2.24, 2.45) is 0 Å². The fraction of sp³-hybridized carbons (Fsp3) is 0.0526. The number of H-pyrrole nitrogens is 1. The number of carbonyl (C=O) groups is 1. The van der Waals surface area contributed by atoms with Crippen molar-refractivity contribution in [3.8, 4) is 11.3 Å². The Labute approximate surface area is 139 Å². The van der Waals surface area contributed by atoms with Crippen molar-refractivity contribution in [2.75, 3.05) is 10.6 Å². The number of aromatic amines is 1. The van der Waals surface area contributed by atoms with E-state index in [1.54, 1.807) is 6.20 Å². The van der Waals surface area contributed by atoms with E-state index in [0.29, 0.717) is 11.4 Å². The van der Waals surface area contributed by atoms with Gasteiger partial charge in [0.05, 0.1) is 11.3 Å². The number of aryl methyl sites for hydroxylation is 1. The van der Waals surface area contributed by atoms with Gasteiger partial charge in [-0.05, 0) is 24.1 Å². The quantitative estimate of drug-likeness (QED) is 0.644. The third-order valence-corrected chi connectivity index (χ3v) is 4.06. The van der Waals surface area contributed by atoms with Gasteiger partial charge in [-0.15, -0.1) is 0 Å². The van der Waals surface area contributed by atoms with Crippen LogP contribution in [-0.4, -0.2) is 16.1 Å². The van der Waals surface area contributed by atoms with E-state index in [1.807, 2.05) is 61.5 Å². The lowest BCUT2D eigenvalue weighted by molar-refractivity contribution is -0.110. The smallest absolute Gasteiger partial charge is 0.257 e. The summed E-state index contributed by atoms with van der Waals surface area (Å²) in [4.78, 5) is 12.2. The summed E-state index contributed by atoms with van der Waals surface area (Å²) in [7, 11) is 0. The lowest BCUT2D eigenvalue weighted by Crippen LogP contribution is -2.05. The number of anilines is 2. The first-order valence-corrected chi connectivity index (χ1v) is 7.71. The highest BCUT2D eigenvalue weighted by Gasteiger charge is 2.25. The lowest BCUT2D eigenvalue weighted by atomic mass is 10.0. The molecule has 0 saturated carbocycles. The van der Waals surface area contributed by atoms with Gasteiger partial charge in [0.2, 0.25) is 0 Å². The summed E-state index contributed by atoms with van der Waals surface area (Å²) >= 11 is 0. The Bertz CT molecular complexity index is 941. The van der Waals surface area contributed by atoms with Gasteiger partial charge < -0.3 is 10.6 Å². The summed E-state index contributed by atoms with van der Waals surface area (Å²) in [6.07, 6.45) is 1.71. The average molecular weight is 316 g/mol. The number of carbonyl (C=O) groups excluding carboxylic acids is 1. The van der Waals surface area contributed by atoms with E-state index in [1.165, 1.54) is 0 Å². The molecule has 0 spiro atoms. The predicted octanol–water partition coefficient (Wildman–Crippen LogP) is 3.79. The number of nitrogens with one attached hydrogen (secondary N) is 3. The monoisotopic (exact) mass is 316 g/mol. The van der Waals surface area contributed by atoms with Crippen molar-refractivity contribution in [1.82, 2.24) is 10.2 Å². The highest BCUT2D eigenvalue weighted by molar-refractivity contribution is 6.32. The molecular weight excluding hydrogens is 300 g/mol. The molecule has 2 aromatic carbocycles. The minimum Gasteiger partial charge on any atom is -0.344 e. The SMILES string of the molecule is Cc1cccc2c1C(=CNc1cc(-c3ccccc3)[nH]n1)C(=O)N2. The standard InChI is InChI=1S/C19H16N4O/c1-12-6-5-9-15-18(12)14(19(24)21-15)11-20-17-10-16(22-23-17)13-7-3-2-4-8-13/h2-11H,1H3,(H,21,24)(H2,20,22,23). The molecule has 3 N–H and O–H groups in total. The molecule has 1 aromatic heterocycles. The van der Waals surface area contributed by atoms with Gasteiger partial charge in [-0.3, -0.25) is 9.89 Å². The van der Waals surface area contributed by atoms with Gasteiger partial charge in [0, 0.05) is 23.5 Å². The summed E-state index contributed by atoms with van der Waals surface area (Å²) in [5.41, 5.74) is 5.45. The van der Waals surface area contributed by atoms with E-state index in [4.69, 9.17) is 0 Å². The summed E-state index contributed by atoms with van der Waals surface area (Å²) in [5, 5.41) is 13.2. The Balaban J connectivity index is 1.61. The largest absolute Gasteiger partial charge is 0.344 e. The van der Waals surface area contributed by atoms with Crippen molar-refractivity contribution in [2.45, 2.75) is 6.92 Å². The van der Waals surface area contributed by atoms with Crippen LogP contribution in [-0.2, 0) is 4.79 Å². The second kappa shape index (κ2) is 5.70. The van der Waals surface area contributed by atoms with Crippen LogP contribution in [0.4, 0.5) is 11.5 Å². The minimum atomic E-state index is -0.106. The molecule has 1 aliphatic heterocycles. The number of benzene rings is 2. The van der Waals surface area contributed by atoms with Crippen molar-refractivity contribution in [3.05, 3.63) is 71.9 Å². The Morgan fingerprint density at radius 3 is 2.75 bits per heavy atom. The Kier molecular flexibility index (Phi) is 3.39. The summed E-state index contributed by atoms with van der Waals surface area (Å²) in [6.45, 7) is 2.00. The van der Waals surface area contributed by atoms with Gasteiger partial charge in [0.25, 0.3) is 5.91 Å². The Hall–Kier alpha value is -3.34. The molecule has 0 unspecified atom stereocenters. The fourth-order valence-electron chi connectivity index (χ4n) is 2.88. The molecule has 0 saturated heterocycles. The van der Waals surface area contributed by atoms with E-state index in [9.17, 15) is 4.79 Å². The lowest BCUT2D eigenvalue weighted by Gasteiger charge is -2.03. The van der Waals surface area contributed by atoms with Crippen LogP contribution < -0.4 is 10.6 Å². The van der Waals surface area contributed by atoms with E-state index in [2.05, 4.69) is 20.8 Å². The Morgan fingerprint density at radius 1 is 1.08 bits per heavy atom. The molecule has 1 amide bonds.